The van der Waals surface area contributed by atoms with Gasteiger partial charge in [0.1, 0.15) is 29.8 Å². The third-order valence-electron chi connectivity index (χ3n) is 4.26. The monoisotopic (exact) mass is 341 g/mol. The van der Waals surface area contributed by atoms with E-state index in [0.717, 1.165) is 28.2 Å². The fourth-order valence-electron chi connectivity index (χ4n) is 3.11. The average molecular weight is 341 g/mol. The molecule has 1 aromatic carbocycles. The quantitative estimate of drug-likeness (QED) is 0.788. The van der Waals surface area contributed by atoms with E-state index < -0.39 is 6.17 Å². The smallest absolute Gasteiger partial charge is 0.132 e. The summed E-state index contributed by atoms with van der Waals surface area (Å²) in [6.45, 7) is 5.03. The molecule has 6 nitrogen and oxygen atoms in total. The van der Waals surface area contributed by atoms with Gasteiger partial charge in [-0.25, -0.2) is 14.4 Å². The number of hydrogen-bond acceptors (Lipinski definition) is 5. The van der Waals surface area contributed by atoms with Gasteiger partial charge in [-0.2, -0.15) is 5.10 Å². The van der Waals surface area contributed by atoms with E-state index in [4.69, 9.17) is 4.74 Å². The maximum atomic E-state index is 13.5. The number of aromatic nitrogens is 4. The van der Waals surface area contributed by atoms with Gasteiger partial charge >= 0.3 is 0 Å². The Morgan fingerprint density at radius 3 is 2.92 bits per heavy atom. The van der Waals surface area contributed by atoms with E-state index in [1.165, 1.54) is 6.33 Å². The van der Waals surface area contributed by atoms with Gasteiger partial charge in [0.05, 0.1) is 23.9 Å². The van der Waals surface area contributed by atoms with E-state index in [1.807, 2.05) is 43.0 Å². The fourth-order valence-corrected chi connectivity index (χ4v) is 3.11. The summed E-state index contributed by atoms with van der Waals surface area (Å²) in [6, 6.07) is 7.69. The fraction of sp³-hybridized carbons (Fsp3) is 0.389. The van der Waals surface area contributed by atoms with Gasteiger partial charge in [0.25, 0.3) is 0 Å². The van der Waals surface area contributed by atoms with Crippen LogP contribution in [0.15, 0.2) is 30.6 Å². The first-order valence-electron chi connectivity index (χ1n) is 8.46. The van der Waals surface area contributed by atoms with Crippen molar-refractivity contribution in [3.8, 4) is 17.1 Å². The highest BCUT2D eigenvalue weighted by Crippen LogP contribution is 2.30. The highest BCUT2D eigenvalue weighted by molar-refractivity contribution is 5.93. The lowest BCUT2D eigenvalue weighted by molar-refractivity contribution is 0.243. The van der Waals surface area contributed by atoms with Crippen molar-refractivity contribution in [3.63, 3.8) is 0 Å². The largest absolute Gasteiger partial charge is 0.491 e. The van der Waals surface area contributed by atoms with Gasteiger partial charge < -0.3 is 9.64 Å². The number of ether oxygens (including phenoxy) is 1. The molecule has 1 aliphatic heterocycles. The van der Waals surface area contributed by atoms with E-state index >= 15 is 0 Å². The Morgan fingerprint density at radius 1 is 1.28 bits per heavy atom. The molecular weight excluding hydrogens is 321 g/mol. The van der Waals surface area contributed by atoms with Crippen molar-refractivity contribution >= 4 is 16.7 Å². The zero-order valence-electron chi connectivity index (χ0n) is 14.2. The van der Waals surface area contributed by atoms with Gasteiger partial charge in [-0.3, -0.25) is 5.10 Å². The lowest BCUT2D eigenvalue weighted by Gasteiger charge is -2.16. The Morgan fingerprint density at radius 2 is 2.16 bits per heavy atom. The number of H-pyrrole nitrogens is 1. The maximum absolute atomic E-state index is 13.5. The number of alkyl halides is 1. The second kappa shape index (κ2) is 6.31. The van der Waals surface area contributed by atoms with Crippen LogP contribution < -0.4 is 9.64 Å². The van der Waals surface area contributed by atoms with Crippen LogP contribution in [0.4, 0.5) is 10.2 Å². The number of aromatic amines is 1. The topological polar surface area (TPSA) is 66.9 Å². The van der Waals surface area contributed by atoms with Crippen LogP contribution in [-0.2, 0) is 0 Å². The van der Waals surface area contributed by atoms with Gasteiger partial charge in [0.15, 0.2) is 0 Å². The zero-order chi connectivity index (χ0) is 17.4. The van der Waals surface area contributed by atoms with Crippen molar-refractivity contribution in [2.75, 3.05) is 18.0 Å². The average Bonchev–Trinajstić information content (AvgIpc) is 3.20. The Balaban J connectivity index is 1.71. The summed E-state index contributed by atoms with van der Waals surface area (Å²) in [5.41, 5.74) is 2.36. The van der Waals surface area contributed by atoms with Crippen LogP contribution in [0.25, 0.3) is 22.3 Å². The van der Waals surface area contributed by atoms with Gasteiger partial charge in [-0.1, -0.05) is 0 Å². The predicted octanol–water partition coefficient (Wildman–Crippen LogP) is 3.36. The van der Waals surface area contributed by atoms with Gasteiger partial charge in [-0.15, -0.1) is 0 Å². The van der Waals surface area contributed by atoms with Crippen molar-refractivity contribution < 1.29 is 9.13 Å². The standard InChI is InChI=1S/C18H20FN5O/c1-11(2)25-13-3-4-15-14(7-13)18(23-22-15)16-8-17(21-10-20-16)24-6-5-12(19)9-24/h3-4,7-8,10-12H,5-6,9H2,1-2H3,(H,22,23)/t12-/m1/s1. The summed E-state index contributed by atoms with van der Waals surface area (Å²) >= 11 is 0. The third kappa shape index (κ3) is 3.14. The highest BCUT2D eigenvalue weighted by atomic mass is 19.1. The number of rotatable bonds is 4. The van der Waals surface area contributed by atoms with Gasteiger partial charge in [0, 0.05) is 18.0 Å². The molecule has 25 heavy (non-hydrogen) atoms. The second-order valence-electron chi connectivity index (χ2n) is 6.54. The molecule has 0 radical (unpaired) electrons. The minimum atomic E-state index is -0.791. The molecule has 0 unspecified atom stereocenters. The molecule has 1 saturated heterocycles. The summed E-state index contributed by atoms with van der Waals surface area (Å²) in [5.74, 6) is 1.52. The normalized spacial score (nSPS) is 17.6. The second-order valence-corrected chi connectivity index (χ2v) is 6.54. The van der Waals surface area contributed by atoms with E-state index in [-0.39, 0.29) is 6.10 Å². The molecular formula is C18H20FN5O. The van der Waals surface area contributed by atoms with E-state index in [1.54, 1.807) is 0 Å². The Kier molecular flexibility index (Phi) is 3.99. The van der Waals surface area contributed by atoms with E-state index in [2.05, 4.69) is 20.2 Å². The number of fused-ring (bicyclic) bond motifs is 1. The van der Waals surface area contributed by atoms with Crippen LogP contribution in [0, 0.1) is 0 Å². The van der Waals surface area contributed by atoms with Gasteiger partial charge in [0.2, 0.25) is 0 Å². The summed E-state index contributed by atoms with van der Waals surface area (Å²) in [4.78, 5) is 10.6. The molecule has 1 fully saturated rings. The third-order valence-corrected chi connectivity index (χ3v) is 4.26. The summed E-state index contributed by atoms with van der Waals surface area (Å²) in [6.07, 6.45) is 1.36. The molecule has 1 N–H and O–H groups in total. The molecule has 0 aliphatic carbocycles. The summed E-state index contributed by atoms with van der Waals surface area (Å²) in [7, 11) is 0. The molecule has 0 spiro atoms. The number of halogens is 1. The number of nitrogens with zero attached hydrogens (tertiary/aromatic N) is 4. The SMILES string of the molecule is CC(C)Oc1ccc2[nH]nc(-c3cc(N4CC[C@@H](F)C4)ncn3)c2c1. The number of benzene rings is 1. The molecule has 130 valence electrons. The molecule has 0 bridgehead atoms. The van der Waals surface area contributed by atoms with Crippen molar-refractivity contribution in [1.82, 2.24) is 20.2 Å². The van der Waals surface area contributed by atoms with Crippen LogP contribution in [0.2, 0.25) is 0 Å². The van der Waals surface area contributed by atoms with Gasteiger partial charge in [-0.05, 0) is 38.5 Å². The van der Waals surface area contributed by atoms with Crippen molar-refractivity contribution in [2.45, 2.75) is 32.5 Å². The minimum Gasteiger partial charge on any atom is -0.491 e. The van der Waals surface area contributed by atoms with Crippen LogP contribution >= 0.6 is 0 Å². The molecule has 4 rings (SSSR count). The number of anilines is 1. The molecule has 0 amide bonds. The lowest BCUT2D eigenvalue weighted by atomic mass is 10.1. The molecule has 3 aromatic rings. The van der Waals surface area contributed by atoms with Crippen molar-refractivity contribution in [2.24, 2.45) is 0 Å². The molecule has 0 saturated carbocycles. The van der Waals surface area contributed by atoms with E-state index in [0.29, 0.717) is 25.2 Å². The first kappa shape index (κ1) is 15.8. The van der Waals surface area contributed by atoms with E-state index in [9.17, 15) is 4.39 Å². The predicted molar refractivity (Wildman–Crippen MR) is 94.6 cm³/mol. The molecule has 7 heteroatoms. The molecule has 2 aromatic heterocycles. The Hall–Kier alpha value is -2.70. The summed E-state index contributed by atoms with van der Waals surface area (Å²) in [5, 5.41) is 8.37. The van der Waals surface area contributed by atoms with Crippen LogP contribution in [0.3, 0.4) is 0 Å². The maximum Gasteiger partial charge on any atom is 0.132 e. The summed E-state index contributed by atoms with van der Waals surface area (Å²) < 4.78 is 19.2. The first-order chi connectivity index (χ1) is 12.1. The minimum absolute atomic E-state index is 0.0993. The van der Waals surface area contributed by atoms with Crippen molar-refractivity contribution in [3.05, 3.63) is 30.6 Å². The zero-order valence-corrected chi connectivity index (χ0v) is 14.2. The Bertz CT molecular complexity index is 894. The first-order valence-corrected chi connectivity index (χ1v) is 8.46. The molecule has 1 aliphatic rings. The van der Waals surface area contributed by atoms with Crippen LogP contribution in [-0.4, -0.2) is 45.5 Å². The highest BCUT2D eigenvalue weighted by Gasteiger charge is 2.23. The Labute approximate surface area is 145 Å². The van der Waals surface area contributed by atoms with Crippen molar-refractivity contribution in [1.29, 1.82) is 0 Å². The lowest BCUT2D eigenvalue weighted by Crippen LogP contribution is -2.21. The molecule has 1 atom stereocenters. The van der Waals surface area contributed by atoms with Crippen LogP contribution in [0.1, 0.15) is 20.3 Å². The number of hydrogen-bond donors (Lipinski definition) is 1. The molecule has 3 heterocycles. The number of nitrogens with one attached hydrogen (secondary N) is 1. The van der Waals surface area contributed by atoms with Crippen LogP contribution in [0.5, 0.6) is 5.75 Å².